The molecule has 2 aromatic carbocycles. The van der Waals surface area contributed by atoms with Crippen molar-refractivity contribution < 1.29 is 19.1 Å². The van der Waals surface area contributed by atoms with Crippen LogP contribution in [-0.4, -0.2) is 38.6 Å². The van der Waals surface area contributed by atoms with Crippen molar-refractivity contribution in [2.75, 3.05) is 14.2 Å². The quantitative estimate of drug-likeness (QED) is 0.245. The predicted molar refractivity (Wildman–Crippen MR) is 135 cm³/mol. The van der Waals surface area contributed by atoms with E-state index >= 15 is 0 Å². The third-order valence-electron chi connectivity index (χ3n) is 7.20. The zero-order chi connectivity index (χ0) is 24.4. The van der Waals surface area contributed by atoms with Gasteiger partial charge in [-0.25, -0.2) is 0 Å². The fourth-order valence-electron chi connectivity index (χ4n) is 4.24. The fraction of sp³-hybridized carbons (Fsp3) is 0.407. The maximum Gasteiger partial charge on any atom is 0.320 e. The lowest BCUT2D eigenvalue weighted by molar-refractivity contribution is -0.159. The number of carbonyl (C=O) groups excluding carboxylic acids is 2. The molecule has 1 atom stereocenters. The van der Waals surface area contributed by atoms with Gasteiger partial charge in [-0.15, -0.1) is 0 Å². The van der Waals surface area contributed by atoms with E-state index in [-0.39, 0.29) is 17.4 Å². The van der Waals surface area contributed by atoms with Gasteiger partial charge in [0.1, 0.15) is 0 Å². The molecule has 0 aliphatic rings. The first-order valence-corrected chi connectivity index (χ1v) is 14.3. The molecule has 0 N–H and O–H groups in total. The summed E-state index contributed by atoms with van der Waals surface area (Å²) < 4.78 is 12.4. The van der Waals surface area contributed by atoms with Crippen molar-refractivity contribution in [2.24, 2.45) is 5.92 Å². The smallest absolute Gasteiger partial charge is 0.320 e. The summed E-state index contributed by atoms with van der Waals surface area (Å²) in [5.41, 5.74) is 3.35. The number of aromatic nitrogens is 1. The monoisotopic (exact) mass is 465 g/mol. The highest BCUT2D eigenvalue weighted by Crippen LogP contribution is 2.43. The number of methoxy groups -OCH3 is 2. The summed E-state index contributed by atoms with van der Waals surface area (Å²) in [6.07, 6.45) is 2.53. The summed E-state index contributed by atoms with van der Waals surface area (Å²) in [5, 5.41) is 1.28. The van der Waals surface area contributed by atoms with E-state index in [1.54, 1.807) is 0 Å². The van der Waals surface area contributed by atoms with Crippen molar-refractivity contribution in [3.05, 3.63) is 71.9 Å². The number of carbonyl (C=O) groups is 2. The highest BCUT2D eigenvalue weighted by Gasteiger charge is 2.40. The molecule has 5 nitrogen and oxygen atoms in total. The van der Waals surface area contributed by atoms with Crippen LogP contribution >= 0.6 is 0 Å². The number of para-hydroxylation sites is 1. The Hall–Kier alpha value is -2.86. The maximum absolute atomic E-state index is 12.5. The first-order chi connectivity index (χ1) is 15.5. The van der Waals surface area contributed by atoms with Gasteiger partial charge in [0.25, 0.3) is 0 Å². The average molecular weight is 466 g/mol. The first kappa shape index (κ1) is 24.8. The second-order valence-electron chi connectivity index (χ2n) is 10.1. The summed E-state index contributed by atoms with van der Waals surface area (Å²) >= 11 is 0. The summed E-state index contributed by atoms with van der Waals surface area (Å²) in [4.78, 5) is 25.1. The summed E-state index contributed by atoms with van der Waals surface area (Å²) in [6.45, 7) is 11.7. The molecule has 0 aliphatic carbocycles. The van der Waals surface area contributed by atoms with Crippen molar-refractivity contribution >= 4 is 31.1 Å². The van der Waals surface area contributed by atoms with Gasteiger partial charge >= 0.3 is 11.9 Å². The number of benzene rings is 2. The Labute approximate surface area is 197 Å². The van der Waals surface area contributed by atoms with Gasteiger partial charge in [-0.1, -0.05) is 82.4 Å². The van der Waals surface area contributed by atoms with Crippen LogP contribution in [0.4, 0.5) is 0 Å². The van der Waals surface area contributed by atoms with Gasteiger partial charge in [-0.05, 0) is 28.7 Å². The fourth-order valence-corrected chi connectivity index (χ4v) is 6.23. The zero-order valence-corrected chi connectivity index (χ0v) is 21.7. The van der Waals surface area contributed by atoms with Crippen molar-refractivity contribution in [1.29, 1.82) is 0 Å². The molecule has 1 heterocycles. The minimum absolute atomic E-state index is 0.134. The first-order valence-electron chi connectivity index (χ1n) is 11.3. The molecule has 0 saturated heterocycles. The van der Waals surface area contributed by atoms with E-state index in [1.807, 2.05) is 24.3 Å². The molecular weight excluding hydrogens is 430 g/mol. The maximum atomic E-state index is 12.5. The van der Waals surface area contributed by atoms with E-state index in [1.165, 1.54) is 19.7 Å². The topological polar surface area (TPSA) is 57.5 Å². The van der Waals surface area contributed by atoms with Gasteiger partial charge in [0, 0.05) is 23.0 Å². The molecule has 3 aromatic rings. The summed E-state index contributed by atoms with van der Waals surface area (Å²) in [6, 6.07) is 18.5. The number of nitrogens with zero attached hydrogens (tertiary/aromatic N) is 1. The second-order valence-corrected chi connectivity index (χ2v) is 15.2. The molecule has 0 saturated carbocycles. The lowest BCUT2D eigenvalue weighted by Gasteiger charge is -2.38. The SMILES string of the molecule is COC(=O)C(C[C@H](c1ccccc1)c1cn([Si](C)(C)C(C)(C)C)c2ccccc12)C(=O)OC. The van der Waals surface area contributed by atoms with Gasteiger partial charge < -0.3 is 13.7 Å². The van der Waals surface area contributed by atoms with E-state index in [0.717, 1.165) is 16.5 Å². The molecule has 176 valence electrons. The van der Waals surface area contributed by atoms with Gasteiger partial charge in [0.2, 0.25) is 0 Å². The molecule has 6 heteroatoms. The van der Waals surface area contributed by atoms with E-state index in [9.17, 15) is 9.59 Å². The highest BCUT2D eigenvalue weighted by atomic mass is 28.3. The van der Waals surface area contributed by atoms with Crippen molar-refractivity contribution in [1.82, 2.24) is 4.23 Å². The molecule has 0 spiro atoms. The van der Waals surface area contributed by atoms with E-state index < -0.39 is 26.1 Å². The number of hydrogen-bond acceptors (Lipinski definition) is 4. The molecule has 1 aromatic heterocycles. The Kier molecular flexibility index (Phi) is 7.17. The van der Waals surface area contributed by atoms with E-state index in [4.69, 9.17) is 9.47 Å². The van der Waals surface area contributed by atoms with Crippen LogP contribution in [0.2, 0.25) is 18.1 Å². The molecule has 3 rings (SSSR count). The van der Waals surface area contributed by atoms with Crippen molar-refractivity contribution in [3.8, 4) is 0 Å². The standard InChI is InChI=1S/C27H35NO4Si/c1-27(2,3)33(6,7)28-18-23(20-15-11-12-16-24(20)28)21(19-13-9-8-10-14-19)17-22(25(29)31-4)26(30)32-5/h8-16,18,21-22H,17H2,1-7H3/t21-/m1/s1. The molecular formula is C27H35NO4Si. The largest absolute Gasteiger partial charge is 0.468 e. The molecule has 33 heavy (non-hydrogen) atoms. The Morgan fingerprint density at radius 2 is 1.45 bits per heavy atom. The van der Waals surface area contributed by atoms with Crippen molar-refractivity contribution in [3.63, 3.8) is 0 Å². The minimum atomic E-state index is -1.94. The molecule has 0 fully saturated rings. The Balaban J connectivity index is 2.25. The Morgan fingerprint density at radius 3 is 2.00 bits per heavy atom. The molecule has 0 bridgehead atoms. The zero-order valence-electron chi connectivity index (χ0n) is 20.7. The molecule has 0 aliphatic heterocycles. The number of esters is 2. The van der Waals surface area contributed by atoms with Gasteiger partial charge in [0.15, 0.2) is 14.2 Å². The Morgan fingerprint density at radius 1 is 0.909 bits per heavy atom. The minimum Gasteiger partial charge on any atom is -0.468 e. The van der Waals surface area contributed by atoms with Gasteiger partial charge in [-0.2, -0.15) is 0 Å². The number of rotatable bonds is 7. The van der Waals surface area contributed by atoms with Crippen LogP contribution in [0.5, 0.6) is 0 Å². The molecule has 0 radical (unpaired) electrons. The average Bonchev–Trinajstić information content (AvgIpc) is 3.19. The number of fused-ring (bicyclic) bond motifs is 1. The lowest BCUT2D eigenvalue weighted by Crippen LogP contribution is -2.44. The van der Waals surface area contributed by atoms with Crippen LogP contribution in [-0.2, 0) is 19.1 Å². The number of ether oxygens (including phenoxy) is 2. The Bertz CT molecular complexity index is 1110. The van der Waals surface area contributed by atoms with Crippen molar-refractivity contribution in [2.45, 2.75) is 51.2 Å². The third kappa shape index (κ3) is 4.76. The van der Waals surface area contributed by atoms with Crippen LogP contribution < -0.4 is 0 Å². The van der Waals surface area contributed by atoms with Crippen LogP contribution in [0.25, 0.3) is 10.9 Å². The van der Waals surface area contributed by atoms with Crippen LogP contribution in [0.1, 0.15) is 44.2 Å². The normalized spacial score (nSPS) is 13.2. The summed E-state index contributed by atoms with van der Waals surface area (Å²) in [5.74, 6) is -2.32. The van der Waals surface area contributed by atoms with Crippen LogP contribution in [0.15, 0.2) is 60.8 Å². The van der Waals surface area contributed by atoms with E-state index in [0.29, 0.717) is 0 Å². The molecule has 0 amide bonds. The second kappa shape index (κ2) is 9.55. The van der Waals surface area contributed by atoms with Gasteiger partial charge in [-0.3, -0.25) is 9.59 Å². The van der Waals surface area contributed by atoms with E-state index in [2.05, 4.69) is 74.6 Å². The highest BCUT2D eigenvalue weighted by molar-refractivity contribution is 6.79. The van der Waals surface area contributed by atoms with Gasteiger partial charge in [0.05, 0.1) is 14.2 Å². The predicted octanol–water partition coefficient (Wildman–Crippen LogP) is 5.98. The molecule has 0 unspecified atom stereocenters. The third-order valence-corrected chi connectivity index (χ3v) is 12.4. The summed E-state index contributed by atoms with van der Waals surface area (Å²) in [7, 11) is 0.674. The van der Waals surface area contributed by atoms with Crippen LogP contribution in [0.3, 0.4) is 0 Å². The lowest BCUT2D eigenvalue weighted by atomic mass is 9.83. The number of hydrogen-bond donors (Lipinski definition) is 0. The van der Waals surface area contributed by atoms with Crippen LogP contribution in [0, 0.1) is 5.92 Å².